The second kappa shape index (κ2) is 6.24. The number of nitrogens with one attached hydrogen (secondary N) is 1. The lowest BCUT2D eigenvalue weighted by Crippen LogP contribution is -2.48. The molecular formula is C15H25N3OS. The van der Waals surface area contributed by atoms with Gasteiger partial charge in [-0.25, -0.2) is 0 Å². The summed E-state index contributed by atoms with van der Waals surface area (Å²) in [4.78, 5) is 15.9. The number of hydrogen-bond donors (Lipinski definition) is 2. The first-order chi connectivity index (χ1) is 9.45. The molecule has 0 radical (unpaired) electrons. The van der Waals surface area contributed by atoms with E-state index < -0.39 is 5.41 Å². The minimum Gasteiger partial charge on any atom is -0.354 e. The predicted octanol–water partition coefficient (Wildman–Crippen LogP) is 1.98. The lowest BCUT2D eigenvalue weighted by Gasteiger charge is -2.30. The van der Waals surface area contributed by atoms with E-state index >= 15 is 0 Å². The van der Waals surface area contributed by atoms with Gasteiger partial charge < -0.3 is 16.0 Å². The van der Waals surface area contributed by atoms with Crippen LogP contribution >= 0.6 is 11.3 Å². The van der Waals surface area contributed by atoms with Gasteiger partial charge in [0.15, 0.2) is 0 Å². The van der Waals surface area contributed by atoms with E-state index in [4.69, 9.17) is 5.73 Å². The average Bonchev–Trinajstić information content (AvgIpc) is 3.01. The zero-order valence-electron chi connectivity index (χ0n) is 12.6. The molecule has 0 aliphatic heterocycles. The van der Waals surface area contributed by atoms with Gasteiger partial charge in [0.2, 0.25) is 5.91 Å². The Kier molecular flexibility index (Phi) is 4.83. The number of nitrogens with two attached hydrogens (primary N) is 1. The zero-order valence-corrected chi connectivity index (χ0v) is 13.4. The van der Waals surface area contributed by atoms with Crippen molar-refractivity contribution >= 4 is 17.2 Å². The predicted molar refractivity (Wildman–Crippen MR) is 83.7 cm³/mol. The summed E-state index contributed by atoms with van der Waals surface area (Å²) < 4.78 is 0. The number of likely N-dealkylation sites (N-methyl/N-ethyl adjacent to an activating group) is 1. The molecule has 0 aromatic carbocycles. The van der Waals surface area contributed by atoms with E-state index in [0.29, 0.717) is 6.54 Å². The Balaban J connectivity index is 1.98. The standard InChI is InChI=1S/C15H25N3OS/c1-15(8-4-7-13(15)16)14(19)17-10-11(18(2)3)12-6-5-9-20-12/h5-6,9,11,13H,4,7-8,10,16H2,1-3H3,(H,17,19). The summed E-state index contributed by atoms with van der Waals surface area (Å²) in [5, 5.41) is 5.18. The van der Waals surface area contributed by atoms with Crippen molar-refractivity contribution in [2.75, 3.05) is 20.6 Å². The molecular weight excluding hydrogens is 270 g/mol. The number of hydrogen-bond acceptors (Lipinski definition) is 4. The van der Waals surface area contributed by atoms with Crippen molar-refractivity contribution in [2.24, 2.45) is 11.1 Å². The third kappa shape index (κ3) is 3.05. The molecule has 0 bridgehead atoms. The number of nitrogens with zero attached hydrogens (tertiary/aromatic N) is 1. The summed E-state index contributed by atoms with van der Waals surface area (Å²) in [6.07, 6.45) is 2.89. The van der Waals surface area contributed by atoms with E-state index in [-0.39, 0.29) is 18.0 Å². The number of thiophene rings is 1. The monoisotopic (exact) mass is 295 g/mol. The minimum atomic E-state index is -0.397. The molecule has 5 heteroatoms. The van der Waals surface area contributed by atoms with Crippen LogP contribution in [0.4, 0.5) is 0 Å². The van der Waals surface area contributed by atoms with Crippen molar-refractivity contribution in [2.45, 2.75) is 38.3 Å². The maximum Gasteiger partial charge on any atom is 0.227 e. The highest BCUT2D eigenvalue weighted by molar-refractivity contribution is 7.10. The van der Waals surface area contributed by atoms with Crippen molar-refractivity contribution in [1.29, 1.82) is 0 Å². The van der Waals surface area contributed by atoms with Gasteiger partial charge in [-0.2, -0.15) is 0 Å². The molecule has 1 aliphatic carbocycles. The quantitative estimate of drug-likeness (QED) is 0.873. The van der Waals surface area contributed by atoms with Gasteiger partial charge in [-0.1, -0.05) is 12.5 Å². The number of carbonyl (C=O) groups is 1. The smallest absolute Gasteiger partial charge is 0.227 e. The third-order valence-corrected chi connectivity index (χ3v) is 5.47. The number of rotatable bonds is 5. The molecule has 3 unspecified atom stereocenters. The van der Waals surface area contributed by atoms with Gasteiger partial charge in [0.25, 0.3) is 0 Å². The molecule has 0 saturated heterocycles. The molecule has 3 N–H and O–H groups in total. The van der Waals surface area contributed by atoms with Crippen LogP contribution in [0, 0.1) is 5.41 Å². The number of carbonyl (C=O) groups excluding carboxylic acids is 1. The molecule has 1 aromatic rings. The van der Waals surface area contributed by atoms with Crippen LogP contribution < -0.4 is 11.1 Å². The lowest BCUT2D eigenvalue weighted by atomic mass is 9.84. The van der Waals surface area contributed by atoms with Crippen LogP contribution in [0.25, 0.3) is 0 Å². The summed E-state index contributed by atoms with van der Waals surface area (Å²) in [6, 6.07) is 4.37. The summed E-state index contributed by atoms with van der Waals surface area (Å²) in [7, 11) is 4.08. The Hall–Kier alpha value is -0.910. The van der Waals surface area contributed by atoms with Crippen LogP contribution in [0.3, 0.4) is 0 Å². The molecule has 3 atom stereocenters. The Labute approximate surface area is 125 Å². The summed E-state index contributed by atoms with van der Waals surface area (Å²) >= 11 is 1.73. The summed E-state index contributed by atoms with van der Waals surface area (Å²) in [6.45, 7) is 2.63. The molecule has 112 valence electrons. The van der Waals surface area contributed by atoms with Crippen molar-refractivity contribution in [3.05, 3.63) is 22.4 Å². The maximum absolute atomic E-state index is 12.5. The normalized spacial score (nSPS) is 27.8. The van der Waals surface area contributed by atoms with E-state index in [9.17, 15) is 4.79 Å². The van der Waals surface area contributed by atoms with E-state index in [1.54, 1.807) is 11.3 Å². The second-order valence-electron chi connectivity index (χ2n) is 6.12. The Morgan fingerprint density at radius 1 is 1.65 bits per heavy atom. The summed E-state index contributed by atoms with van der Waals surface area (Å²) in [5.74, 6) is 0.103. The van der Waals surface area contributed by atoms with Crippen LogP contribution in [0.1, 0.15) is 37.1 Å². The molecule has 4 nitrogen and oxygen atoms in total. The Bertz CT molecular complexity index is 446. The average molecular weight is 295 g/mol. The molecule has 1 fully saturated rings. The zero-order chi connectivity index (χ0) is 14.8. The van der Waals surface area contributed by atoms with Crippen molar-refractivity contribution in [1.82, 2.24) is 10.2 Å². The van der Waals surface area contributed by atoms with Crippen LogP contribution in [0.2, 0.25) is 0 Å². The van der Waals surface area contributed by atoms with Gasteiger partial charge >= 0.3 is 0 Å². The first-order valence-corrected chi connectivity index (χ1v) is 8.07. The first-order valence-electron chi connectivity index (χ1n) is 7.19. The van der Waals surface area contributed by atoms with Crippen LogP contribution in [-0.2, 0) is 4.79 Å². The fourth-order valence-corrected chi connectivity index (χ4v) is 3.81. The van der Waals surface area contributed by atoms with Gasteiger partial charge in [-0.15, -0.1) is 11.3 Å². The Morgan fingerprint density at radius 2 is 2.40 bits per heavy atom. The molecule has 0 spiro atoms. The summed E-state index contributed by atoms with van der Waals surface area (Å²) in [5.41, 5.74) is 5.71. The minimum absolute atomic E-state index is 0.0120. The second-order valence-corrected chi connectivity index (χ2v) is 7.10. The fraction of sp³-hybridized carbons (Fsp3) is 0.667. The third-order valence-electron chi connectivity index (χ3n) is 4.50. The molecule has 20 heavy (non-hydrogen) atoms. The van der Waals surface area contributed by atoms with E-state index in [1.807, 2.05) is 27.1 Å². The SMILES string of the molecule is CN(C)C(CNC(=O)C1(C)CCCC1N)c1cccs1. The van der Waals surface area contributed by atoms with Crippen molar-refractivity contribution < 1.29 is 4.79 Å². The fourth-order valence-electron chi connectivity index (χ4n) is 2.88. The Morgan fingerprint density at radius 3 is 2.90 bits per heavy atom. The maximum atomic E-state index is 12.5. The highest BCUT2D eigenvalue weighted by atomic mass is 32.1. The van der Waals surface area contributed by atoms with Gasteiger partial charge in [0.05, 0.1) is 11.5 Å². The molecule has 1 saturated carbocycles. The first kappa shape index (κ1) is 15.5. The van der Waals surface area contributed by atoms with Crippen molar-refractivity contribution in [3.8, 4) is 0 Å². The topological polar surface area (TPSA) is 58.4 Å². The van der Waals surface area contributed by atoms with E-state index in [2.05, 4.69) is 21.7 Å². The van der Waals surface area contributed by atoms with Crippen LogP contribution in [0.5, 0.6) is 0 Å². The highest BCUT2D eigenvalue weighted by Gasteiger charge is 2.42. The van der Waals surface area contributed by atoms with Gasteiger partial charge in [-0.3, -0.25) is 4.79 Å². The molecule has 1 aromatic heterocycles. The molecule has 1 amide bonds. The lowest BCUT2D eigenvalue weighted by molar-refractivity contribution is -0.130. The molecule has 1 heterocycles. The van der Waals surface area contributed by atoms with Crippen molar-refractivity contribution in [3.63, 3.8) is 0 Å². The van der Waals surface area contributed by atoms with Gasteiger partial charge in [0, 0.05) is 17.5 Å². The van der Waals surface area contributed by atoms with Crippen LogP contribution in [-0.4, -0.2) is 37.5 Å². The van der Waals surface area contributed by atoms with Crippen LogP contribution in [0.15, 0.2) is 17.5 Å². The molecule has 1 aliphatic rings. The van der Waals surface area contributed by atoms with E-state index in [0.717, 1.165) is 19.3 Å². The number of amides is 1. The van der Waals surface area contributed by atoms with E-state index in [1.165, 1.54) is 4.88 Å². The van der Waals surface area contributed by atoms with Gasteiger partial charge in [-0.05, 0) is 45.3 Å². The molecule has 2 rings (SSSR count). The largest absolute Gasteiger partial charge is 0.354 e. The highest BCUT2D eigenvalue weighted by Crippen LogP contribution is 2.37. The van der Waals surface area contributed by atoms with Gasteiger partial charge in [0.1, 0.15) is 0 Å².